The third kappa shape index (κ3) is 3.82. The summed E-state index contributed by atoms with van der Waals surface area (Å²) in [6, 6.07) is 5.62. The van der Waals surface area contributed by atoms with E-state index in [0.717, 1.165) is 46.9 Å². The normalized spacial score (nSPS) is 14.0. The van der Waals surface area contributed by atoms with Crippen molar-refractivity contribution in [1.82, 2.24) is 20.1 Å². The van der Waals surface area contributed by atoms with E-state index in [1.807, 2.05) is 18.2 Å². The van der Waals surface area contributed by atoms with Crippen molar-refractivity contribution in [2.24, 2.45) is 0 Å². The van der Waals surface area contributed by atoms with Gasteiger partial charge in [-0.25, -0.2) is 0 Å². The van der Waals surface area contributed by atoms with Crippen LogP contribution in [0.5, 0.6) is 5.75 Å². The van der Waals surface area contributed by atoms with E-state index in [1.165, 1.54) is 19.3 Å². The number of aromatic nitrogens is 3. The van der Waals surface area contributed by atoms with Gasteiger partial charge in [-0.1, -0.05) is 6.42 Å². The number of fused-ring (bicyclic) bond motifs is 2. The highest BCUT2D eigenvalue weighted by Crippen LogP contribution is 2.25. The summed E-state index contributed by atoms with van der Waals surface area (Å²) in [5, 5.41) is 12.5. The molecule has 0 saturated heterocycles. The van der Waals surface area contributed by atoms with Gasteiger partial charge in [0.25, 0.3) is 0 Å². The molecular weight excluding hydrogens is 344 g/mol. The molecule has 1 amide bonds. The molecule has 0 unspecified atom stereocenters. The standard InChI is InChI=1S/C20H24N4O3/c1-26-15-6-7-16-14(13-27-17(16)12-15)11-20(25)21-9-8-19-23-22-18-5-3-2-4-10-24(18)19/h6-7,12-13H,2-5,8-11H2,1H3,(H,21,25). The molecule has 0 atom stereocenters. The monoisotopic (exact) mass is 368 g/mol. The number of carbonyl (C=O) groups is 1. The number of rotatable bonds is 6. The van der Waals surface area contributed by atoms with Crippen molar-refractivity contribution in [3.63, 3.8) is 0 Å². The molecule has 1 aliphatic heterocycles. The van der Waals surface area contributed by atoms with Crippen molar-refractivity contribution in [3.05, 3.63) is 41.7 Å². The predicted octanol–water partition coefficient (Wildman–Crippen LogP) is 2.66. The molecule has 0 aliphatic carbocycles. The van der Waals surface area contributed by atoms with Crippen molar-refractivity contribution in [1.29, 1.82) is 0 Å². The lowest BCUT2D eigenvalue weighted by atomic mass is 10.1. The summed E-state index contributed by atoms with van der Waals surface area (Å²) in [5.41, 5.74) is 1.60. The maximum Gasteiger partial charge on any atom is 0.224 e. The topological polar surface area (TPSA) is 82.2 Å². The molecule has 27 heavy (non-hydrogen) atoms. The first-order valence-electron chi connectivity index (χ1n) is 9.46. The number of carbonyl (C=O) groups excluding carboxylic acids is 1. The summed E-state index contributed by atoms with van der Waals surface area (Å²) in [4.78, 5) is 12.3. The molecular formula is C20H24N4O3. The molecule has 1 N–H and O–H groups in total. The van der Waals surface area contributed by atoms with E-state index >= 15 is 0 Å². The minimum absolute atomic E-state index is 0.0240. The highest BCUT2D eigenvalue weighted by Gasteiger charge is 2.15. The fourth-order valence-corrected chi connectivity index (χ4v) is 3.61. The molecule has 7 nitrogen and oxygen atoms in total. The molecule has 3 aromatic rings. The third-order valence-electron chi connectivity index (χ3n) is 5.07. The summed E-state index contributed by atoms with van der Waals surface area (Å²) < 4.78 is 13.0. The average Bonchev–Trinajstić information content (AvgIpc) is 3.17. The molecule has 0 spiro atoms. The van der Waals surface area contributed by atoms with Crippen LogP contribution in [0.25, 0.3) is 11.0 Å². The smallest absolute Gasteiger partial charge is 0.224 e. The minimum atomic E-state index is -0.0240. The lowest BCUT2D eigenvalue weighted by Crippen LogP contribution is -2.28. The van der Waals surface area contributed by atoms with Crippen LogP contribution in [-0.2, 0) is 30.6 Å². The van der Waals surface area contributed by atoms with Gasteiger partial charge in [0.15, 0.2) is 0 Å². The van der Waals surface area contributed by atoms with E-state index in [-0.39, 0.29) is 12.3 Å². The zero-order valence-electron chi connectivity index (χ0n) is 15.5. The van der Waals surface area contributed by atoms with Crippen molar-refractivity contribution in [2.45, 2.75) is 45.1 Å². The van der Waals surface area contributed by atoms with Crippen LogP contribution in [0.15, 0.2) is 28.9 Å². The molecule has 142 valence electrons. The summed E-state index contributed by atoms with van der Waals surface area (Å²) in [7, 11) is 1.62. The van der Waals surface area contributed by atoms with Gasteiger partial charge in [-0.05, 0) is 25.0 Å². The largest absolute Gasteiger partial charge is 0.497 e. The molecule has 0 fully saturated rings. The SMILES string of the molecule is COc1ccc2c(CC(=O)NCCc3nnc4n3CCCCC4)coc2c1. The van der Waals surface area contributed by atoms with E-state index in [4.69, 9.17) is 9.15 Å². The lowest BCUT2D eigenvalue weighted by molar-refractivity contribution is -0.120. The summed E-state index contributed by atoms with van der Waals surface area (Å²) in [6.07, 6.45) is 7.21. The van der Waals surface area contributed by atoms with Crippen LogP contribution >= 0.6 is 0 Å². The van der Waals surface area contributed by atoms with Crippen LogP contribution < -0.4 is 10.1 Å². The van der Waals surface area contributed by atoms with Gasteiger partial charge in [-0.2, -0.15) is 0 Å². The first-order chi connectivity index (χ1) is 13.2. The van der Waals surface area contributed by atoms with E-state index in [2.05, 4.69) is 20.1 Å². The number of ether oxygens (including phenoxy) is 1. The average molecular weight is 368 g/mol. The van der Waals surface area contributed by atoms with Gasteiger partial charge in [0.2, 0.25) is 5.91 Å². The number of hydrogen-bond acceptors (Lipinski definition) is 5. The number of furan rings is 1. The third-order valence-corrected chi connectivity index (χ3v) is 5.07. The molecule has 0 bridgehead atoms. The number of nitrogens with one attached hydrogen (secondary N) is 1. The fourth-order valence-electron chi connectivity index (χ4n) is 3.61. The zero-order chi connectivity index (χ0) is 18.6. The first kappa shape index (κ1) is 17.6. The van der Waals surface area contributed by atoms with E-state index in [9.17, 15) is 4.79 Å². The molecule has 7 heteroatoms. The van der Waals surface area contributed by atoms with Crippen molar-refractivity contribution >= 4 is 16.9 Å². The Kier molecular flexibility index (Phi) is 5.09. The predicted molar refractivity (Wildman–Crippen MR) is 101 cm³/mol. The highest BCUT2D eigenvalue weighted by molar-refractivity contribution is 5.88. The quantitative estimate of drug-likeness (QED) is 0.723. The molecule has 4 rings (SSSR count). The number of aryl methyl sites for hydroxylation is 1. The first-order valence-corrected chi connectivity index (χ1v) is 9.46. The van der Waals surface area contributed by atoms with Crippen LogP contribution in [-0.4, -0.2) is 34.3 Å². The van der Waals surface area contributed by atoms with Gasteiger partial charge in [-0.3, -0.25) is 4.79 Å². The maximum atomic E-state index is 12.3. The van der Waals surface area contributed by atoms with Crippen LogP contribution in [0.2, 0.25) is 0 Å². The fraction of sp³-hybridized carbons (Fsp3) is 0.450. The Labute approximate surface area is 157 Å². The van der Waals surface area contributed by atoms with Gasteiger partial charge in [0.05, 0.1) is 19.8 Å². The molecule has 3 heterocycles. The second kappa shape index (κ2) is 7.82. The van der Waals surface area contributed by atoms with E-state index in [1.54, 1.807) is 13.4 Å². The number of amides is 1. The maximum absolute atomic E-state index is 12.3. The van der Waals surface area contributed by atoms with Gasteiger partial charge in [-0.15, -0.1) is 10.2 Å². The Morgan fingerprint density at radius 1 is 1.30 bits per heavy atom. The van der Waals surface area contributed by atoms with Crippen LogP contribution in [0, 0.1) is 0 Å². The Morgan fingerprint density at radius 3 is 3.11 bits per heavy atom. The van der Waals surface area contributed by atoms with Crippen molar-refractivity contribution < 1.29 is 13.9 Å². The van der Waals surface area contributed by atoms with Gasteiger partial charge < -0.3 is 19.0 Å². The minimum Gasteiger partial charge on any atom is -0.497 e. The van der Waals surface area contributed by atoms with E-state index in [0.29, 0.717) is 13.0 Å². The Hall–Kier alpha value is -2.83. The summed E-state index contributed by atoms with van der Waals surface area (Å²) >= 11 is 0. The van der Waals surface area contributed by atoms with Crippen LogP contribution in [0.3, 0.4) is 0 Å². The lowest BCUT2D eigenvalue weighted by Gasteiger charge is -2.08. The van der Waals surface area contributed by atoms with Gasteiger partial charge in [0, 0.05) is 42.9 Å². The molecule has 0 saturated carbocycles. The molecule has 1 aromatic carbocycles. The number of nitrogens with zero attached hydrogens (tertiary/aromatic N) is 3. The van der Waals surface area contributed by atoms with Crippen LogP contribution in [0.4, 0.5) is 0 Å². The second-order valence-corrected chi connectivity index (χ2v) is 6.89. The summed E-state index contributed by atoms with van der Waals surface area (Å²) in [5.74, 6) is 2.76. The van der Waals surface area contributed by atoms with Crippen molar-refractivity contribution in [2.75, 3.05) is 13.7 Å². The second-order valence-electron chi connectivity index (χ2n) is 6.89. The number of benzene rings is 1. The number of methoxy groups -OCH3 is 1. The zero-order valence-corrected chi connectivity index (χ0v) is 15.5. The van der Waals surface area contributed by atoms with Gasteiger partial charge >= 0.3 is 0 Å². The summed E-state index contributed by atoms with van der Waals surface area (Å²) in [6.45, 7) is 1.54. The molecule has 1 aliphatic rings. The van der Waals surface area contributed by atoms with Crippen LogP contribution in [0.1, 0.15) is 36.5 Å². The Balaban J connectivity index is 1.33. The highest BCUT2D eigenvalue weighted by atomic mass is 16.5. The van der Waals surface area contributed by atoms with Crippen molar-refractivity contribution in [3.8, 4) is 5.75 Å². The Morgan fingerprint density at radius 2 is 2.22 bits per heavy atom. The Bertz CT molecular complexity index is 944. The number of hydrogen-bond donors (Lipinski definition) is 1. The molecule has 2 aromatic heterocycles. The van der Waals surface area contributed by atoms with Gasteiger partial charge in [0.1, 0.15) is 23.0 Å². The van der Waals surface area contributed by atoms with E-state index < -0.39 is 0 Å². The molecule has 0 radical (unpaired) electrons.